The topological polar surface area (TPSA) is 47.6 Å². The van der Waals surface area contributed by atoms with Crippen molar-refractivity contribution in [1.82, 2.24) is 0 Å². The van der Waals surface area contributed by atoms with Gasteiger partial charge in [-0.05, 0) is 0 Å². The molecular weight excluding hydrogens is 116 g/mol. The molecule has 0 spiro atoms. The second kappa shape index (κ2) is 27.1. The van der Waals surface area contributed by atoms with E-state index in [1.807, 2.05) is 0 Å². The third-order valence-electron chi connectivity index (χ3n) is 0. The minimum atomic E-state index is 0. The monoisotopic (exact) mass is 128 g/mol. The molecule has 7 heavy (non-hydrogen) atoms. The van der Waals surface area contributed by atoms with Gasteiger partial charge in [0, 0.05) is 0 Å². The summed E-state index contributed by atoms with van der Waals surface area (Å²) in [7, 11) is 0. The van der Waals surface area contributed by atoms with E-state index in [0.29, 0.717) is 13.1 Å². The predicted molar refractivity (Wildman–Crippen MR) is 35.5 cm³/mol. The Kier molecular flexibility index (Phi) is 60.9. The average molecular weight is 128 g/mol. The molecular formula is C4H12CaN2. The molecule has 0 aliphatic rings. The molecule has 0 saturated heterocycles. The van der Waals surface area contributed by atoms with Gasteiger partial charge >= 0.3 is 37.7 Å². The molecule has 0 atom stereocenters. The molecule has 40 valence electrons. The van der Waals surface area contributed by atoms with Crippen LogP contribution in [0.2, 0.25) is 0 Å². The van der Waals surface area contributed by atoms with Gasteiger partial charge in [-0.1, -0.05) is 13.8 Å². The standard InChI is InChI=1S/2C2H6N.Ca/c2*1-2-3;/h2*3H,2H2,1H3;/q2*-1;+2. The van der Waals surface area contributed by atoms with Crippen molar-refractivity contribution in [2.75, 3.05) is 13.1 Å². The molecule has 2 N–H and O–H groups in total. The van der Waals surface area contributed by atoms with Crippen LogP contribution in [0.5, 0.6) is 0 Å². The van der Waals surface area contributed by atoms with Crippen LogP contribution in [-0.4, -0.2) is 50.8 Å². The second-order valence-corrected chi connectivity index (χ2v) is 0.707. The molecule has 0 heterocycles. The summed E-state index contributed by atoms with van der Waals surface area (Å²) >= 11 is 0. The third kappa shape index (κ3) is 138. The molecule has 3 heteroatoms. The fourth-order valence-electron chi connectivity index (χ4n) is 0. The van der Waals surface area contributed by atoms with Gasteiger partial charge in [-0.3, -0.25) is 0 Å². The summed E-state index contributed by atoms with van der Waals surface area (Å²) in [5.41, 5.74) is 12.4. The first-order valence-electron chi connectivity index (χ1n) is 2.12. The second-order valence-electron chi connectivity index (χ2n) is 0.707. The number of hydrogen-bond acceptors (Lipinski definition) is 0. The fraction of sp³-hybridized carbons (Fsp3) is 1.00. The van der Waals surface area contributed by atoms with Gasteiger partial charge in [0.2, 0.25) is 0 Å². The maximum atomic E-state index is 6.21. The Bertz CT molecular complexity index is 11.7. The van der Waals surface area contributed by atoms with Crippen LogP contribution >= 0.6 is 0 Å². The van der Waals surface area contributed by atoms with Crippen LogP contribution in [0.15, 0.2) is 0 Å². The largest absolute Gasteiger partial charge is 2.00 e. The van der Waals surface area contributed by atoms with E-state index < -0.39 is 0 Å². The van der Waals surface area contributed by atoms with Crippen molar-refractivity contribution in [2.24, 2.45) is 0 Å². The molecule has 0 aromatic rings. The Balaban J connectivity index is -0.0000000400. The molecule has 0 aliphatic carbocycles. The van der Waals surface area contributed by atoms with Gasteiger partial charge in [-0.25, -0.2) is 0 Å². The van der Waals surface area contributed by atoms with Gasteiger partial charge in [-0.2, -0.15) is 13.1 Å². The first-order chi connectivity index (χ1) is 2.83. The molecule has 0 rings (SSSR count). The maximum absolute atomic E-state index is 6.21. The predicted octanol–water partition coefficient (Wildman–Crippen LogP) is 1.74. The van der Waals surface area contributed by atoms with Gasteiger partial charge in [0.15, 0.2) is 0 Å². The van der Waals surface area contributed by atoms with Crippen LogP contribution in [-0.2, 0) is 0 Å². The summed E-state index contributed by atoms with van der Waals surface area (Å²) in [5.74, 6) is 0. The first kappa shape index (κ1) is 15.7. The van der Waals surface area contributed by atoms with E-state index in [4.69, 9.17) is 11.5 Å². The van der Waals surface area contributed by atoms with E-state index in [1.165, 1.54) is 0 Å². The van der Waals surface area contributed by atoms with Crippen molar-refractivity contribution in [3.05, 3.63) is 11.5 Å². The molecule has 2 nitrogen and oxygen atoms in total. The summed E-state index contributed by atoms with van der Waals surface area (Å²) in [6.07, 6.45) is 0. The first-order valence-corrected chi connectivity index (χ1v) is 2.12. The van der Waals surface area contributed by atoms with E-state index in [1.54, 1.807) is 13.8 Å². The van der Waals surface area contributed by atoms with E-state index in [0.717, 1.165) is 0 Å². The van der Waals surface area contributed by atoms with Crippen molar-refractivity contribution >= 4 is 37.7 Å². The molecule has 0 bridgehead atoms. The van der Waals surface area contributed by atoms with Crippen LogP contribution < -0.4 is 0 Å². The van der Waals surface area contributed by atoms with Crippen LogP contribution in [0.3, 0.4) is 0 Å². The molecule has 0 aromatic heterocycles. The Morgan fingerprint density at radius 3 is 1.00 bits per heavy atom. The summed E-state index contributed by atoms with van der Waals surface area (Å²) in [6.45, 7) is 4.58. The van der Waals surface area contributed by atoms with E-state index in [-0.39, 0.29) is 37.7 Å². The maximum Gasteiger partial charge on any atom is 2.00 e. The van der Waals surface area contributed by atoms with Crippen molar-refractivity contribution in [3.63, 3.8) is 0 Å². The van der Waals surface area contributed by atoms with Crippen LogP contribution in [0.1, 0.15) is 13.8 Å². The van der Waals surface area contributed by atoms with E-state index >= 15 is 0 Å². The van der Waals surface area contributed by atoms with Gasteiger partial charge in [0.05, 0.1) is 0 Å². The summed E-state index contributed by atoms with van der Waals surface area (Å²) in [4.78, 5) is 0. The molecule has 0 radical (unpaired) electrons. The summed E-state index contributed by atoms with van der Waals surface area (Å²) in [5, 5.41) is 0. The molecule has 0 saturated carbocycles. The Morgan fingerprint density at radius 2 is 1.00 bits per heavy atom. The number of rotatable bonds is 0. The van der Waals surface area contributed by atoms with Crippen LogP contribution in [0.25, 0.3) is 11.5 Å². The molecule has 0 amide bonds. The number of hydrogen-bond donors (Lipinski definition) is 0. The summed E-state index contributed by atoms with van der Waals surface area (Å²) in [6, 6.07) is 0. The zero-order valence-electron chi connectivity index (χ0n) is 5.12. The van der Waals surface area contributed by atoms with Gasteiger partial charge in [0.1, 0.15) is 0 Å². The Hall–Kier alpha value is 1.18. The minimum absolute atomic E-state index is 0. The Morgan fingerprint density at radius 1 is 1.00 bits per heavy atom. The average Bonchev–Trinajstić information content (AvgIpc) is 1.39. The van der Waals surface area contributed by atoms with Crippen LogP contribution in [0, 0.1) is 0 Å². The molecule has 0 aliphatic heterocycles. The smallest absolute Gasteiger partial charge is 0.678 e. The van der Waals surface area contributed by atoms with Gasteiger partial charge in [0.25, 0.3) is 0 Å². The van der Waals surface area contributed by atoms with Crippen LogP contribution in [0.4, 0.5) is 0 Å². The Labute approximate surface area is 75.6 Å². The van der Waals surface area contributed by atoms with Crippen molar-refractivity contribution in [3.8, 4) is 0 Å². The normalized spacial score (nSPS) is 5.14. The van der Waals surface area contributed by atoms with E-state index in [2.05, 4.69) is 0 Å². The van der Waals surface area contributed by atoms with Crippen molar-refractivity contribution < 1.29 is 0 Å². The van der Waals surface area contributed by atoms with Gasteiger partial charge in [-0.15, -0.1) is 0 Å². The number of nitrogens with one attached hydrogen (secondary N) is 2. The van der Waals surface area contributed by atoms with Crippen molar-refractivity contribution in [2.45, 2.75) is 13.8 Å². The SMILES string of the molecule is CC[NH-].CC[NH-].[Ca+2]. The third-order valence-corrected chi connectivity index (χ3v) is 0. The zero-order valence-corrected chi connectivity index (χ0v) is 7.33. The molecule has 0 fully saturated rings. The van der Waals surface area contributed by atoms with Crippen molar-refractivity contribution in [1.29, 1.82) is 0 Å². The zero-order chi connectivity index (χ0) is 5.41. The minimum Gasteiger partial charge on any atom is -0.678 e. The quantitative estimate of drug-likeness (QED) is 0.446. The molecule has 0 unspecified atom stereocenters. The van der Waals surface area contributed by atoms with E-state index in [9.17, 15) is 0 Å². The van der Waals surface area contributed by atoms with Gasteiger partial charge < -0.3 is 11.5 Å². The summed E-state index contributed by atoms with van der Waals surface area (Å²) < 4.78 is 0. The fourth-order valence-corrected chi connectivity index (χ4v) is 0. The molecule has 0 aromatic carbocycles.